The van der Waals surface area contributed by atoms with Crippen LogP contribution in [0.3, 0.4) is 0 Å². The molecule has 0 fully saturated rings. The predicted molar refractivity (Wildman–Crippen MR) is 96.0 cm³/mol. The lowest BCUT2D eigenvalue weighted by Crippen LogP contribution is -2.33. The van der Waals surface area contributed by atoms with E-state index in [1.807, 2.05) is 12.1 Å². The van der Waals surface area contributed by atoms with Gasteiger partial charge in [-0.05, 0) is 31.5 Å². The van der Waals surface area contributed by atoms with Gasteiger partial charge in [0.05, 0.1) is 10.7 Å². The van der Waals surface area contributed by atoms with E-state index in [2.05, 4.69) is 62.8 Å². The zero-order valence-electron chi connectivity index (χ0n) is 11.4. The molecule has 0 unspecified atom stereocenters. The summed E-state index contributed by atoms with van der Waals surface area (Å²) in [6.45, 7) is 4.19. The number of thiazole rings is 1. The molecule has 1 aromatic heterocycles. The average Bonchev–Trinajstić information content (AvgIpc) is 2.75. The van der Waals surface area contributed by atoms with Crippen molar-refractivity contribution in [2.24, 2.45) is 0 Å². The minimum absolute atomic E-state index is 0.0262. The van der Waals surface area contributed by atoms with Crippen LogP contribution in [0.1, 0.15) is 21.1 Å². The summed E-state index contributed by atoms with van der Waals surface area (Å²) in [5.74, 6) is 0. The van der Waals surface area contributed by atoms with E-state index in [0.717, 1.165) is 27.8 Å². The molecule has 0 radical (unpaired) electrons. The number of hydrogen-bond acceptors (Lipinski definition) is 2. The molecule has 0 bridgehead atoms. The van der Waals surface area contributed by atoms with E-state index in [0.29, 0.717) is 0 Å². The maximum atomic E-state index is 6.15. The number of halogens is 3. The molecule has 0 amide bonds. The van der Waals surface area contributed by atoms with Gasteiger partial charge in [0, 0.05) is 32.4 Å². The maximum absolute atomic E-state index is 6.15. The van der Waals surface area contributed by atoms with Crippen LogP contribution < -0.4 is 0 Å². The third kappa shape index (κ3) is 3.46. The first-order chi connectivity index (χ1) is 9.50. The smallest absolute Gasteiger partial charge is 0.0940 e. The monoisotopic (exact) mass is 435 g/mol. The fourth-order valence-corrected chi connectivity index (χ4v) is 5.35. The van der Waals surface area contributed by atoms with E-state index in [1.54, 1.807) is 11.3 Å². The van der Waals surface area contributed by atoms with Crippen LogP contribution in [0, 0.1) is 13.8 Å². The van der Waals surface area contributed by atoms with E-state index in [9.17, 15) is 0 Å². The molecule has 0 N–H and O–H groups in total. The number of nitrogens with zero attached hydrogens (tertiary/aromatic N) is 1. The lowest BCUT2D eigenvalue weighted by molar-refractivity contribution is 0.549. The first kappa shape index (κ1) is 16.5. The molecule has 1 nitrogen and oxygen atoms in total. The Morgan fingerprint density at radius 2 is 1.95 bits per heavy atom. The highest BCUT2D eigenvalue weighted by molar-refractivity contribution is 9.09. The van der Waals surface area contributed by atoms with Crippen molar-refractivity contribution in [1.82, 2.24) is 4.98 Å². The van der Waals surface area contributed by atoms with E-state index < -0.39 is 0 Å². The summed E-state index contributed by atoms with van der Waals surface area (Å²) >= 11 is 15.3. The van der Waals surface area contributed by atoms with Crippen molar-refractivity contribution in [3.63, 3.8) is 0 Å². The molecule has 0 atom stereocenters. The molecule has 1 aromatic carbocycles. The van der Waals surface area contributed by atoms with Crippen LogP contribution in [-0.2, 0) is 11.8 Å². The highest BCUT2D eigenvalue weighted by Crippen LogP contribution is 2.35. The van der Waals surface area contributed by atoms with Gasteiger partial charge in [-0.25, -0.2) is 4.98 Å². The summed E-state index contributed by atoms with van der Waals surface area (Å²) in [5, 5.41) is 3.69. The highest BCUT2D eigenvalue weighted by Gasteiger charge is 2.32. The van der Waals surface area contributed by atoms with Crippen LogP contribution in [0.2, 0.25) is 5.02 Å². The molecule has 0 aliphatic carbocycles. The minimum Gasteiger partial charge on any atom is -0.246 e. The van der Waals surface area contributed by atoms with E-state index >= 15 is 0 Å². The summed E-state index contributed by atoms with van der Waals surface area (Å²) < 4.78 is 0. The average molecular weight is 438 g/mol. The van der Waals surface area contributed by atoms with Crippen molar-refractivity contribution < 1.29 is 0 Å². The minimum atomic E-state index is -0.0262. The Labute approximate surface area is 146 Å². The molecular formula is C15H16Br2ClNS. The van der Waals surface area contributed by atoms with Crippen LogP contribution in [-0.4, -0.2) is 15.6 Å². The lowest BCUT2D eigenvalue weighted by atomic mass is 9.81. The second-order valence-electron chi connectivity index (χ2n) is 4.98. The molecule has 108 valence electrons. The fourth-order valence-electron chi connectivity index (χ4n) is 2.11. The standard InChI is InChI=1S/C15H16Br2ClNS/c1-10-11(2)20-14(19-10)7-15(8-16,9-17)12-4-3-5-13(18)6-12/h3-6H,7-9H2,1-2H3. The van der Waals surface area contributed by atoms with Gasteiger partial charge < -0.3 is 0 Å². The summed E-state index contributed by atoms with van der Waals surface area (Å²) in [5.41, 5.74) is 2.35. The Kier molecular flexibility index (Phi) is 5.69. The first-order valence-corrected chi connectivity index (χ1v) is 9.75. The van der Waals surface area contributed by atoms with Gasteiger partial charge in [-0.15, -0.1) is 11.3 Å². The molecule has 2 rings (SSSR count). The summed E-state index contributed by atoms with van der Waals surface area (Å²) in [6.07, 6.45) is 0.906. The molecular weight excluding hydrogens is 422 g/mol. The quantitative estimate of drug-likeness (QED) is 0.548. The van der Waals surface area contributed by atoms with Gasteiger partial charge in [-0.1, -0.05) is 55.6 Å². The van der Waals surface area contributed by atoms with Gasteiger partial charge in [0.2, 0.25) is 0 Å². The summed E-state index contributed by atoms with van der Waals surface area (Å²) in [7, 11) is 0. The molecule has 1 heterocycles. The predicted octanol–water partition coefficient (Wildman–Crippen LogP) is 5.68. The first-order valence-electron chi connectivity index (χ1n) is 6.31. The van der Waals surface area contributed by atoms with E-state index in [-0.39, 0.29) is 5.41 Å². The number of aryl methyl sites for hydroxylation is 2. The molecule has 5 heteroatoms. The lowest BCUT2D eigenvalue weighted by Gasteiger charge is -2.30. The SMILES string of the molecule is Cc1nc(CC(CBr)(CBr)c2cccc(Cl)c2)sc1C. The Bertz CT molecular complexity index is 574. The Morgan fingerprint density at radius 1 is 1.25 bits per heavy atom. The van der Waals surface area contributed by atoms with Crippen LogP contribution in [0.15, 0.2) is 24.3 Å². The fraction of sp³-hybridized carbons (Fsp3) is 0.400. The van der Waals surface area contributed by atoms with E-state index in [4.69, 9.17) is 11.6 Å². The second kappa shape index (κ2) is 6.91. The third-order valence-corrected chi connectivity index (χ3v) is 6.97. The van der Waals surface area contributed by atoms with Crippen LogP contribution in [0.4, 0.5) is 0 Å². The molecule has 20 heavy (non-hydrogen) atoms. The van der Waals surface area contributed by atoms with Gasteiger partial charge in [0.25, 0.3) is 0 Å². The van der Waals surface area contributed by atoms with Crippen molar-refractivity contribution in [2.45, 2.75) is 25.7 Å². The highest BCUT2D eigenvalue weighted by atomic mass is 79.9. The Morgan fingerprint density at radius 3 is 2.45 bits per heavy atom. The number of hydrogen-bond donors (Lipinski definition) is 0. The molecule has 2 aromatic rings. The summed E-state index contributed by atoms with van der Waals surface area (Å²) in [4.78, 5) is 5.98. The molecule has 0 saturated carbocycles. The van der Waals surface area contributed by atoms with Crippen molar-refractivity contribution in [1.29, 1.82) is 0 Å². The number of alkyl halides is 2. The topological polar surface area (TPSA) is 12.9 Å². The third-order valence-electron chi connectivity index (χ3n) is 3.51. The van der Waals surface area contributed by atoms with Crippen LogP contribution in [0.5, 0.6) is 0 Å². The van der Waals surface area contributed by atoms with Crippen molar-refractivity contribution in [3.8, 4) is 0 Å². The van der Waals surface area contributed by atoms with Crippen molar-refractivity contribution in [3.05, 3.63) is 50.4 Å². The number of aromatic nitrogens is 1. The van der Waals surface area contributed by atoms with Gasteiger partial charge >= 0.3 is 0 Å². The van der Waals surface area contributed by atoms with Crippen LogP contribution >= 0.6 is 54.8 Å². The Balaban J connectivity index is 2.39. The van der Waals surface area contributed by atoms with Gasteiger partial charge in [-0.2, -0.15) is 0 Å². The maximum Gasteiger partial charge on any atom is 0.0940 e. The zero-order chi connectivity index (χ0) is 14.8. The van der Waals surface area contributed by atoms with E-state index in [1.165, 1.54) is 15.4 Å². The zero-order valence-corrected chi connectivity index (χ0v) is 16.2. The van der Waals surface area contributed by atoms with Gasteiger partial charge in [-0.3, -0.25) is 0 Å². The number of rotatable bonds is 5. The Hall–Kier alpha value is 0.1000. The molecule has 0 saturated heterocycles. The van der Waals surface area contributed by atoms with Crippen molar-refractivity contribution >= 4 is 54.8 Å². The van der Waals surface area contributed by atoms with Gasteiger partial charge in [0.1, 0.15) is 0 Å². The van der Waals surface area contributed by atoms with Gasteiger partial charge in [0.15, 0.2) is 0 Å². The van der Waals surface area contributed by atoms with Crippen LogP contribution in [0.25, 0.3) is 0 Å². The normalized spacial score (nSPS) is 11.8. The molecule has 0 aliphatic rings. The molecule has 0 aliphatic heterocycles. The summed E-state index contributed by atoms with van der Waals surface area (Å²) in [6, 6.07) is 8.12. The molecule has 0 spiro atoms. The van der Waals surface area contributed by atoms with Crippen molar-refractivity contribution in [2.75, 3.05) is 10.7 Å². The second-order valence-corrected chi connectivity index (χ2v) is 7.83. The number of benzene rings is 1. The largest absolute Gasteiger partial charge is 0.246 e.